The molecule has 0 atom stereocenters. The normalized spacial score (nSPS) is 14.4. The van der Waals surface area contributed by atoms with Crippen LogP contribution in [-0.2, 0) is 9.59 Å². The van der Waals surface area contributed by atoms with E-state index in [1.165, 1.54) is 11.3 Å². The molecule has 1 heterocycles. The largest absolute Gasteiger partial charge is 0.369 e. The number of nitrogens with one attached hydrogen (secondary N) is 1. The van der Waals surface area contributed by atoms with Crippen LogP contribution >= 0.6 is 0 Å². The van der Waals surface area contributed by atoms with Gasteiger partial charge < -0.3 is 15.1 Å². The zero-order valence-electron chi connectivity index (χ0n) is 20.6. The molecule has 1 aromatic carbocycles. The number of rotatable bonds is 14. The first kappa shape index (κ1) is 26.2. The van der Waals surface area contributed by atoms with Crippen LogP contribution in [0.1, 0.15) is 64.4 Å². The summed E-state index contributed by atoms with van der Waals surface area (Å²) >= 11 is 0. The molecule has 1 aliphatic heterocycles. The topological polar surface area (TPSA) is 55.9 Å². The SMILES string of the molecule is CCCN(CCC)C(=O)CCCC(=O)NCCCCN1CCN(c2cccc(C)c2)CC1. The van der Waals surface area contributed by atoms with Crippen LogP contribution in [0.4, 0.5) is 5.69 Å². The van der Waals surface area contributed by atoms with Crippen LogP contribution in [0.25, 0.3) is 0 Å². The predicted octanol–water partition coefficient (Wildman–Crippen LogP) is 3.83. The van der Waals surface area contributed by atoms with Crippen molar-refractivity contribution in [2.75, 3.05) is 57.3 Å². The zero-order valence-corrected chi connectivity index (χ0v) is 20.6. The van der Waals surface area contributed by atoms with Gasteiger partial charge in [-0.15, -0.1) is 0 Å². The molecule has 180 valence electrons. The first-order valence-electron chi connectivity index (χ1n) is 12.6. The minimum Gasteiger partial charge on any atom is -0.369 e. The molecule has 1 N–H and O–H groups in total. The molecule has 1 aliphatic rings. The average Bonchev–Trinajstić information content (AvgIpc) is 2.79. The highest BCUT2D eigenvalue weighted by Crippen LogP contribution is 2.17. The smallest absolute Gasteiger partial charge is 0.222 e. The molecule has 0 aromatic heterocycles. The van der Waals surface area contributed by atoms with Gasteiger partial charge in [0.1, 0.15) is 0 Å². The molecule has 6 heteroatoms. The molecule has 6 nitrogen and oxygen atoms in total. The van der Waals surface area contributed by atoms with Gasteiger partial charge in [0.15, 0.2) is 0 Å². The van der Waals surface area contributed by atoms with Crippen LogP contribution in [0.2, 0.25) is 0 Å². The highest BCUT2D eigenvalue weighted by atomic mass is 16.2. The molecule has 1 fully saturated rings. The summed E-state index contributed by atoms with van der Waals surface area (Å²) in [6, 6.07) is 8.75. The lowest BCUT2D eigenvalue weighted by atomic mass is 10.2. The van der Waals surface area contributed by atoms with Crippen molar-refractivity contribution in [2.45, 2.75) is 65.7 Å². The Bertz CT molecular complexity index is 680. The van der Waals surface area contributed by atoms with Gasteiger partial charge in [-0.1, -0.05) is 26.0 Å². The average molecular weight is 445 g/mol. The van der Waals surface area contributed by atoms with Crippen LogP contribution in [0, 0.1) is 6.92 Å². The van der Waals surface area contributed by atoms with E-state index in [0.717, 1.165) is 78.0 Å². The van der Waals surface area contributed by atoms with E-state index in [0.29, 0.717) is 19.3 Å². The van der Waals surface area contributed by atoms with Gasteiger partial charge in [0, 0.05) is 64.3 Å². The standard InChI is InChI=1S/C26H44N4O2/c1-4-15-30(16-5-2)26(32)13-9-12-25(31)27-14-6-7-17-28-18-20-29(21-19-28)24-11-8-10-23(3)22-24/h8,10-11,22H,4-7,9,12-21H2,1-3H3,(H,27,31). The third-order valence-electron chi connectivity index (χ3n) is 6.10. The number of hydrogen-bond donors (Lipinski definition) is 1. The van der Waals surface area contributed by atoms with Crippen molar-refractivity contribution in [3.63, 3.8) is 0 Å². The maximum Gasteiger partial charge on any atom is 0.222 e. The Labute approximate surface area is 195 Å². The Balaban J connectivity index is 1.50. The zero-order chi connectivity index (χ0) is 23.2. The van der Waals surface area contributed by atoms with Crippen molar-refractivity contribution in [1.29, 1.82) is 0 Å². The third-order valence-corrected chi connectivity index (χ3v) is 6.10. The monoisotopic (exact) mass is 444 g/mol. The van der Waals surface area contributed by atoms with E-state index in [1.807, 2.05) is 4.90 Å². The lowest BCUT2D eigenvalue weighted by Gasteiger charge is -2.36. The summed E-state index contributed by atoms with van der Waals surface area (Å²) < 4.78 is 0. The molecule has 0 unspecified atom stereocenters. The fraction of sp³-hybridized carbons (Fsp3) is 0.692. The van der Waals surface area contributed by atoms with Crippen LogP contribution in [-0.4, -0.2) is 74.0 Å². The van der Waals surface area contributed by atoms with Gasteiger partial charge in [-0.2, -0.15) is 0 Å². The summed E-state index contributed by atoms with van der Waals surface area (Å²) in [6.45, 7) is 14.1. The number of anilines is 1. The van der Waals surface area contributed by atoms with Gasteiger partial charge in [-0.25, -0.2) is 0 Å². The van der Waals surface area contributed by atoms with Crippen LogP contribution < -0.4 is 10.2 Å². The highest BCUT2D eigenvalue weighted by Gasteiger charge is 2.17. The van der Waals surface area contributed by atoms with Gasteiger partial charge >= 0.3 is 0 Å². The van der Waals surface area contributed by atoms with E-state index in [2.05, 4.69) is 60.2 Å². The fourth-order valence-corrected chi connectivity index (χ4v) is 4.29. The maximum atomic E-state index is 12.3. The Morgan fingerprint density at radius 2 is 1.69 bits per heavy atom. The summed E-state index contributed by atoms with van der Waals surface area (Å²) in [5, 5.41) is 3.02. The number of hydrogen-bond acceptors (Lipinski definition) is 4. The molecule has 0 aliphatic carbocycles. The minimum absolute atomic E-state index is 0.0714. The Kier molecular flexibility index (Phi) is 12.2. The second-order valence-corrected chi connectivity index (χ2v) is 8.96. The van der Waals surface area contributed by atoms with Gasteiger partial charge in [0.2, 0.25) is 11.8 Å². The quantitative estimate of drug-likeness (QED) is 0.443. The van der Waals surface area contributed by atoms with Gasteiger partial charge in [0.05, 0.1) is 0 Å². The summed E-state index contributed by atoms with van der Waals surface area (Å²) in [6.07, 6.45) is 5.62. The van der Waals surface area contributed by atoms with Crippen molar-refractivity contribution in [1.82, 2.24) is 15.1 Å². The van der Waals surface area contributed by atoms with Crippen molar-refractivity contribution < 1.29 is 9.59 Å². The number of unbranched alkanes of at least 4 members (excludes halogenated alkanes) is 1. The fourth-order valence-electron chi connectivity index (χ4n) is 4.29. The van der Waals surface area contributed by atoms with Crippen molar-refractivity contribution in [3.05, 3.63) is 29.8 Å². The molecular formula is C26H44N4O2. The van der Waals surface area contributed by atoms with E-state index in [1.54, 1.807) is 0 Å². The molecule has 0 bridgehead atoms. The van der Waals surface area contributed by atoms with Crippen molar-refractivity contribution >= 4 is 17.5 Å². The summed E-state index contributed by atoms with van der Waals surface area (Å²) in [5.41, 5.74) is 2.64. The minimum atomic E-state index is 0.0714. The molecule has 1 saturated heterocycles. The molecular weight excluding hydrogens is 400 g/mol. The number of aryl methyl sites for hydroxylation is 1. The molecule has 0 radical (unpaired) electrons. The first-order valence-corrected chi connectivity index (χ1v) is 12.6. The lowest BCUT2D eigenvalue weighted by molar-refractivity contribution is -0.131. The lowest BCUT2D eigenvalue weighted by Crippen LogP contribution is -2.46. The number of carbonyl (C=O) groups excluding carboxylic acids is 2. The first-order chi connectivity index (χ1) is 15.5. The molecule has 32 heavy (non-hydrogen) atoms. The van der Waals surface area contributed by atoms with E-state index < -0.39 is 0 Å². The molecule has 2 rings (SSSR count). The van der Waals surface area contributed by atoms with Crippen LogP contribution in [0.15, 0.2) is 24.3 Å². The van der Waals surface area contributed by atoms with E-state index in [9.17, 15) is 9.59 Å². The number of amides is 2. The second kappa shape index (κ2) is 14.9. The van der Waals surface area contributed by atoms with E-state index >= 15 is 0 Å². The third kappa shape index (κ3) is 9.60. The molecule has 0 saturated carbocycles. The van der Waals surface area contributed by atoms with Crippen molar-refractivity contribution in [3.8, 4) is 0 Å². The summed E-state index contributed by atoms with van der Waals surface area (Å²) in [5.74, 6) is 0.256. The van der Waals surface area contributed by atoms with E-state index in [4.69, 9.17) is 0 Å². The number of nitrogens with zero attached hydrogens (tertiary/aromatic N) is 3. The molecule has 0 spiro atoms. The Morgan fingerprint density at radius 1 is 0.969 bits per heavy atom. The second-order valence-electron chi connectivity index (χ2n) is 8.96. The number of piperazine rings is 1. The maximum absolute atomic E-state index is 12.3. The Hall–Kier alpha value is -2.08. The van der Waals surface area contributed by atoms with Crippen LogP contribution in [0.3, 0.4) is 0 Å². The summed E-state index contributed by atoms with van der Waals surface area (Å²) in [7, 11) is 0. The van der Waals surface area contributed by atoms with Gasteiger partial charge in [0.25, 0.3) is 0 Å². The number of benzene rings is 1. The highest BCUT2D eigenvalue weighted by molar-refractivity contribution is 5.78. The number of carbonyl (C=O) groups is 2. The van der Waals surface area contributed by atoms with Gasteiger partial charge in [-0.3, -0.25) is 14.5 Å². The summed E-state index contributed by atoms with van der Waals surface area (Å²) in [4.78, 5) is 31.2. The molecule has 2 amide bonds. The van der Waals surface area contributed by atoms with Crippen molar-refractivity contribution in [2.24, 2.45) is 0 Å². The predicted molar refractivity (Wildman–Crippen MR) is 133 cm³/mol. The Morgan fingerprint density at radius 3 is 2.34 bits per heavy atom. The van der Waals surface area contributed by atoms with E-state index in [-0.39, 0.29) is 11.8 Å². The van der Waals surface area contributed by atoms with Gasteiger partial charge in [-0.05, 0) is 63.3 Å². The molecule has 1 aromatic rings. The van der Waals surface area contributed by atoms with Crippen LogP contribution in [0.5, 0.6) is 0 Å².